The predicted octanol–water partition coefficient (Wildman–Crippen LogP) is 1.36. The van der Waals surface area contributed by atoms with Gasteiger partial charge in [0.05, 0.1) is 18.7 Å². The molecule has 1 aromatic rings. The first-order valence-electron chi connectivity index (χ1n) is 6.46. The lowest BCUT2D eigenvalue weighted by molar-refractivity contribution is 0.156. The van der Waals surface area contributed by atoms with E-state index >= 15 is 0 Å². The van der Waals surface area contributed by atoms with Crippen LogP contribution in [0, 0.1) is 17.7 Å². The monoisotopic (exact) mass is 262 g/mol. The number of nitrogens with two attached hydrogens (primary N) is 1. The van der Waals surface area contributed by atoms with E-state index in [1.54, 1.807) is 12.1 Å². The van der Waals surface area contributed by atoms with E-state index in [9.17, 15) is 4.39 Å². The molecule has 19 heavy (non-hydrogen) atoms. The van der Waals surface area contributed by atoms with E-state index in [-0.39, 0.29) is 12.4 Å². The molecule has 1 fully saturated rings. The van der Waals surface area contributed by atoms with Crippen molar-refractivity contribution in [3.05, 3.63) is 35.1 Å². The Balaban J connectivity index is 2.07. The molecule has 1 heterocycles. The van der Waals surface area contributed by atoms with Gasteiger partial charge in [-0.3, -0.25) is 4.90 Å². The van der Waals surface area contributed by atoms with Gasteiger partial charge in [0.1, 0.15) is 5.82 Å². The number of hydrogen-bond acceptors (Lipinski definition) is 3. The number of nitrogens with zero attached hydrogens (tertiary/aromatic N) is 1. The zero-order valence-corrected chi connectivity index (χ0v) is 11.2. The van der Waals surface area contributed by atoms with Gasteiger partial charge in [-0.05, 0) is 31.2 Å². The van der Waals surface area contributed by atoms with Crippen LogP contribution in [0.3, 0.4) is 0 Å². The minimum atomic E-state index is -0.295. The Kier molecular flexibility index (Phi) is 4.92. The molecule has 0 spiro atoms. The van der Waals surface area contributed by atoms with E-state index in [1.165, 1.54) is 6.07 Å². The van der Waals surface area contributed by atoms with Gasteiger partial charge >= 0.3 is 0 Å². The van der Waals surface area contributed by atoms with Gasteiger partial charge in [0, 0.05) is 19.2 Å². The van der Waals surface area contributed by atoms with Crippen molar-refractivity contribution in [1.82, 2.24) is 4.90 Å². The molecule has 3 nitrogen and oxygen atoms in total. The highest BCUT2D eigenvalue weighted by Crippen LogP contribution is 2.16. The second-order valence-electron chi connectivity index (χ2n) is 4.75. The quantitative estimate of drug-likeness (QED) is 0.836. The molecule has 1 aliphatic rings. The standard InChI is InChI=1S/C15H19FN2O/c1-18(14-6-8-19-11-14)10-12-4-5-15(16)13(9-12)3-2-7-17/h4-5,9,14H,6-8,10-11,17H2,1H3. The highest BCUT2D eigenvalue weighted by Gasteiger charge is 2.20. The third-order valence-corrected chi connectivity index (χ3v) is 3.32. The van der Waals surface area contributed by atoms with Crippen molar-refractivity contribution in [2.75, 3.05) is 26.8 Å². The fourth-order valence-corrected chi connectivity index (χ4v) is 2.20. The van der Waals surface area contributed by atoms with Crippen molar-refractivity contribution < 1.29 is 9.13 Å². The van der Waals surface area contributed by atoms with Gasteiger partial charge in [0.15, 0.2) is 0 Å². The molecule has 1 atom stereocenters. The molecule has 1 saturated heterocycles. The van der Waals surface area contributed by atoms with Crippen LogP contribution in [0.15, 0.2) is 18.2 Å². The summed E-state index contributed by atoms with van der Waals surface area (Å²) in [4.78, 5) is 2.24. The van der Waals surface area contributed by atoms with Crippen LogP contribution in [0.2, 0.25) is 0 Å². The summed E-state index contributed by atoms with van der Waals surface area (Å²) >= 11 is 0. The molecular weight excluding hydrogens is 243 g/mol. The second kappa shape index (κ2) is 6.67. The van der Waals surface area contributed by atoms with Crippen LogP contribution in [0.1, 0.15) is 17.5 Å². The molecule has 102 valence electrons. The van der Waals surface area contributed by atoms with Gasteiger partial charge in [-0.25, -0.2) is 4.39 Å². The van der Waals surface area contributed by atoms with Crippen LogP contribution in [0.25, 0.3) is 0 Å². The van der Waals surface area contributed by atoms with Crippen molar-refractivity contribution in [1.29, 1.82) is 0 Å². The SMILES string of the molecule is CN(Cc1ccc(F)c(C#CCN)c1)C1CCOC1. The molecule has 2 rings (SSSR count). The second-order valence-corrected chi connectivity index (χ2v) is 4.75. The Morgan fingerprint density at radius 2 is 2.37 bits per heavy atom. The first-order chi connectivity index (χ1) is 9.20. The lowest BCUT2D eigenvalue weighted by Crippen LogP contribution is -2.31. The van der Waals surface area contributed by atoms with Gasteiger partial charge in [-0.15, -0.1) is 0 Å². The minimum absolute atomic E-state index is 0.239. The summed E-state index contributed by atoms with van der Waals surface area (Å²) in [5.74, 6) is 5.15. The normalized spacial score (nSPS) is 18.4. The first kappa shape index (κ1) is 14.0. The van der Waals surface area contributed by atoms with Crippen molar-refractivity contribution in [3.8, 4) is 11.8 Å². The maximum atomic E-state index is 13.6. The smallest absolute Gasteiger partial charge is 0.138 e. The number of hydrogen-bond donors (Lipinski definition) is 1. The summed E-state index contributed by atoms with van der Waals surface area (Å²) in [5, 5.41) is 0. The summed E-state index contributed by atoms with van der Waals surface area (Å²) in [6.45, 7) is 2.61. The number of ether oxygens (including phenoxy) is 1. The van der Waals surface area contributed by atoms with Gasteiger partial charge in [0.2, 0.25) is 0 Å². The zero-order chi connectivity index (χ0) is 13.7. The Labute approximate surface area is 113 Å². The lowest BCUT2D eigenvalue weighted by atomic mass is 10.1. The minimum Gasteiger partial charge on any atom is -0.380 e. The summed E-state index contributed by atoms with van der Waals surface area (Å²) in [7, 11) is 2.06. The molecule has 0 radical (unpaired) electrons. The van der Waals surface area contributed by atoms with Crippen molar-refractivity contribution in [3.63, 3.8) is 0 Å². The van der Waals surface area contributed by atoms with Crippen LogP contribution >= 0.6 is 0 Å². The highest BCUT2D eigenvalue weighted by atomic mass is 19.1. The molecule has 1 aliphatic heterocycles. The third kappa shape index (κ3) is 3.77. The molecule has 0 bridgehead atoms. The summed E-state index contributed by atoms with van der Waals surface area (Å²) in [5.41, 5.74) is 6.78. The number of halogens is 1. The van der Waals surface area contributed by atoms with Crippen molar-refractivity contribution in [2.24, 2.45) is 5.73 Å². The van der Waals surface area contributed by atoms with Crippen LogP contribution in [-0.2, 0) is 11.3 Å². The molecular formula is C15H19FN2O. The van der Waals surface area contributed by atoms with Crippen molar-refractivity contribution >= 4 is 0 Å². The van der Waals surface area contributed by atoms with E-state index < -0.39 is 0 Å². The summed E-state index contributed by atoms with van der Waals surface area (Å²) in [6.07, 6.45) is 1.05. The van der Waals surface area contributed by atoms with E-state index in [0.29, 0.717) is 11.6 Å². The zero-order valence-electron chi connectivity index (χ0n) is 11.2. The van der Waals surface area contributed by atoms with Crippen molar-refractivity contribution in [2.45, 2.75) is 19.0 Å². The average Bonchev–Trinajstić information content (AvgIpc) is 2.93. The summed E-state index contributed by atoms with van der Waals surface area (Å²) < 4.78 is 18.9. The Morgan fingerprint density at radius 1 is 1.53 bits per heavy atom. The van der Waals surface area contributed by atoms with Crippen LogP contribution in [-0.4, -0.2) is 37.7 Å². The molecule has 0 amide bonds. The average molecular weight is 262 g/mol. The lowest BCUT2D eigenvalue weighted by Gasteiger charge is -2.22. The number of rotatable bonds is 3. The van der Waals surface area contributed by atoms with E-state index in [0.717, 1.165) is 31.7 Å². The van der Waals surface area contributed by atoms with Crippen LogP contribution in [0.4, 0.5) is 4.39 Å². The maximum absolute atomic E-state index is 13.6. The molecule has 0 aromatic heterocycles. The predicted molar refractivity (Wildman–Crippen MR) is 73.0 cm³/mol. The van der Waals surface area contributed by atoms with Gasteiger partial charge in [-0.1, -0.05) is 17.9 Å². The number of benzene rings is 1. The highest BCUT2D eigenvalue weighted by molar-refractivity contribution is 5.38. The topological polar surface area (TPSA) is 38.5 Å². The molecule has 0 aliphatic carbocycles. The molecule has 2 N–H and O–H groups in total. The van der Waals surface area contributed by atoms with E-state index in [4.69, 9.17) is 10.5 Å². The van der Waals surface area contributed by atoms with Gasteiger partial charge in [0.25, 0.3) is 0 Å². The largest absolute Gasteiger partial charge is 0.380 e. The van der Waals surface area contributed by atoms with Crippen LogP contribution in [0.5, 0.6) is 0 Å². The number of likely N-dealkylation sites (N-methyl/N-ethyl adjacent to an activating group) is 1. The fourth-order valence-electron chi connectivity index (χ4n) is 2.20. The van der Waals surface area contributed by atoms with Crippen LogP contribution < -0.4 is 5.73 Å². The fraction of sp³-hybridized carbons (Fsp3) is 0.467. The maximum Gasteiger partial charge on any atom is 0.138 e. The molecule has 1 aromatic carbocycles. The molecule has 1 unspecified atom stereocenters. The Bertz CT molecular complexity index is 487. The Morgan fingerprint density at radius 3 is 3.05 bits per heavy atom. The van der Waals surface area contributed by atoms with Gasteiger partial charge in [-0.2, -0.15) is 0 Å². The molecule has 4 heteroatoms. The summed E-state index contributed by atoms with van der Waals surface area (Å²) in [6, 6.07) is 5.51. The van der Waals surface area contributed by atoms with E-state index in [2.05, 4.69) is 23.8 Å². The third-order valence-electron chi connectivity index (χ3n) is 3.32. The first-order valence-corrected chi connectivity index (χ1v) is 6.46. The van der Waals surface area contributed by atoms with E-state index in [1.807, 2.05) is 0 Å². The van der Waals surface area contributed by atoms with Gasteiger partial charge < -0.3 is 10.5 Å². The Hall–Kier alpha value is -1.41. The molecule has 0 saturated carbocycles.